The second-order valence-electron chi connectivity index (χ2n) is 6.73. The molecule has 1 atom stereocenters. The molecule has 1 saturated carbocycles. The molecule has 0 radical (unpaired) electrons. The normalized spacial score (nSPS) is 16.7. The third kappa shape index (κ3) is 5.16. The van der Waals surface area contributed by atoms with Gasteiger partial charge in [-0.15, -0.1) is 6.42 Å². The highest BCUT2D eigenvalue weighted by Crippen LogP contribution is 2.33. The van der Waals surface area contributed by atoms with E-state index in [4.69, 9.17) is 6.42 Å². The van der Waals surface area contributed by atoms with E-state index in [9.17, 15) is 0 Å². The molecule has 0 nitrogen and oxygen atoms in total. The van der Waals surface area contributed by atoms with E-state index >= 15 is 0 Å². The lowest BCUT2D eigenvalue weighted by Crippen LogP contribution is -2.08. The van der Waals surface area contributed by atoms with Crippen LogP contribution in [0.1, 0.15) is 43.6 Å². The van der Waals surface area contributed by atoms with Gasteiger partial charge in [0.1, 0.15) is 5.75 Å². The smallest absolute Gasteiger partial charge is 0.115 e. The summed E-state index contributed by atoms with van der Waals surface area (Å²) in [5.74, 6) is 4.30. The van der Waals surface area contributed by atoms with Crippen molar-refractivity contribution in [3.05, 3.63) is 84.5 Å². The van der Waals surface area contributed by atoms with Gasteiger partial charge in [0, 0.05) is 0 Å². The molecule has 0 heterocycles. The first-order chi connectivity index (χ1) is 12.9. The summed E-state index contributed by atoms with van der Waals surface area (Å²) >= 11 is 0. The number of hydrogen-bond donors (Lipinski definition) is 0. The van der Waals surface area contributed by atoms with Gasteiger partial charge in [-0.25, -0.2) is 0 Å². The van der Waals surface area contributed by atoms with Crippen molar-refractivity contribution < 1.29 is 0 Å². The molecule has 0 aliphatic heterocycles. The molecule has 2 aromatic carbocycles. The minimum atomic E-state index is 0.0578. The molecule has 3 rings (SSSR count). The van der Waals surface area contributed by atoms with E-state index in [1.165, 1.54) is 47.5 Å². The Morgan fingerprint density at radius 1 is 0.885 bits per heavy atom. The Hall–Kier alpha value is -2.17. The van der Waals surface area contributed by atoms with Crippen LogP contribution < -0.4 is 0 Å². The molecule has 1 aliphatic carbocycles. The van der Waals surface area contributed by atoms with Crippen LogP contribution in [0.3, 0.4) is 0 Å². The van der Waals surface area contributed by atoms with Crippen LogP contribution in [0.25, 0.3) is 0 Å². The first kappa shape index (κ1) is 18.6. The standard InChI is InChI=1S/C25H27S/c1-2-3-4-5-12-21-26(24-15-10-7-11-16-24)25-19-17-23(18-20-25)22-13-8-6-9-14-22/h1,3-5,7,10-12,15-20,22H,6,8-9,13-14,21H2/q+1/b4-3-,12-5-. The maximum Gasteiger partial charge on any atom is 0.161 e. The lowest BCUT2D eigenvalue weighted by molar-refractivity contribution is 0.443. The van der Waals surface area contributed by atoms with Crippen molar-refractivity contribution in [2.45, 2.75) is 47.8 Å². The Labute approximate surface area is 161 Å². The molecule has 1 aliphatic rings. The minimum Gasteiger partial charge on any atom is -0.115 e. The quantitative estimate of drug-likeness (QED) is 0.313. The number of benzene rings is 2. The highest BCUT2D eigenvalue weighted by Gasteiger charge is 2.24. The third-order valence-electron chi connectivity index (χ3n) is 4.97. The van der Waals surface area contributed by atoms with Gasteiger partial charge in [0.2, 0.25) is 0 Å². The molecule has 0 spiro atoms. The summed E-state index contributed by atoms with van der Waals surface area (Å²) in [4.78, 5) is 2.81. The van der Waals surface area contributed by atoms with Gasteiger partial charge in [-0.2, -0.15) is 0 Å². The SMILES string of the molecule is C#C/C=C\C=C/C[S+](c1ccccc1)c1ccc(C2CCCCC2)cc1. The van der Waals surface area contributed by atoms with E-state index in [-0.39, 0.29) is 10.9 Å². The fraction of sp³-hybridized carbons (Fsp3) is 0.280. The van der Waals surface area contributed by atoms with Crippen molar-refractivity contribution in [3.8, 4) is 12.3 Å². The molecule has 0 saturated heterocycles. The van der Waals surface area contributed by atoms with Gasteiger partial charge in [0.25, 0.3) is 0 Å². The first-order valence-corrected chi connectivity index (χ1v) is 10.9. The van der Waals surface area contributed by atoms with Crippen molar-refractivity contribution in [3.63, 3.8) is 0 Å². The predicted molar refractivity (Wildman–Crippen MR) is 115 cm³/mol. The fourth-order valence-electron chi connectivity index (χ4n) is 3.59. The molecule has 0 bridgehead atoms. The molecule has 132 valence electrons. The number of rotatable bonds is 6. The Morgan fingerprint density at radius 3 is 2.27 bits per heavy atom. The summed E-state index contributed by atoms with van der Waals surface area (Å²) in [7, 11) is 0.0578. The van der Waals surface area contributed by atoms with Gasteiger partial charge in [0.15, 0.2) is 9.79 Å². The topological polar surface area (TPSA) is 0 Å². The van der Waals surface area contributed by atoms with E-state index in [0.717, 1.165) is 11.7 Å². The van der Waals surface area contributed by atoms with Gasteiger partial charge in [0.05, 0.1) is 10.9 Å². The van der Waals surface area contributed by atoms with Crippen molar-refractivity contribution in [2.24, 2.45) is 0 Å². The van der Waals surface area contributed by atoms with Crippen LogP contribution in [-0.2, 0) is 10.9 Å². The molecule has 0 aromatic heterocycles. The van der Waals surface area contributed by atoms with E-state index in [2.05, 4.69) is 72.7 Å². The Kier molecular flexibility index (Phi) is 7.23. The molecule has 0 N–H and O–H groups in total. The van der Waals surface area contributed by atoms with E-state index < -0.39 is 0 Å². The number of terminal acetylenes is 1. The van der Waals surface area contributed by atoms with Crippen LogP contribution in [0.5, 0.6) is 0 Å². The second-order valence-corrected chi connectivity index (χ2v) is 8.79. The molecule has 0 amide bonds. The highest BCUT2D eigenvalue weighted by molar-refractivity contribution is 7.97. The summed E-state index contributed by atoms with van der Waals surface area (Å²) in [6.07, 6.45) is 20.1. The molecule has 1 unspecified atom stereocenters. The van der Waals surface area contributed by atoms with Gasteiger partial charge in [-0.1, -0.05) is 67.7 Å². The third-order valence-corrected chi connectivity index (χ3v) is 7.18. The molecule has 26 heavy (non-hydrogen) atoms. The molecule has 1 heteroatoms. The van der Waals surface area contributed by atoms with Crippen molar-refractivity contribution in [2.75, 3.05) is 5.75 Å². The van der Waals surface area contributed by atoms with Crippen LogP contribution in [0.4, 0.5) is 0 Å². The zero-order chi connectivity index (χ0) is 18.0. The second kappa shape index (κ2) is 10.1. The average Bonchev–Trinajstić information content (AvgIpc) is 2.72. The maximum absolute atomic E-state index is 5.26. The lowest BCUT2D eigenvalue weighted by atomic mass is 9.84. The van der Waals surface area contributed by atoms with Crippen LogP contribution in [-0.4, -0.2) is 5.75 Å². The summed E-state index contributed by atoms with van der Waals surface area (Å²) in [5, 5.41) is 0. The van der Waals surface area contributed by atoms with Crippen LogP contribution in [0.2, 0.25) is 0 Å². The lowest BCUT2D eigenvalue weighted by Gasteiger charge is -2.21. The van der Waals surface area contributed by atoms with Crippen molar-refractivity contribution >= 4 is 10.9 Å². The van der Waals surface area contributed by atoms with Gasteiger partial charge in [-0.05, 0) is 60.7 Å². The highest BCUT2D eigenvalue weighted by atomic mass is 32.2. The summed E-state index contributed by atoms with van der Waals surface area (Å²) in [6.45, 7) is 0. The van der Waals surface area contributed by atoms with E-state index in [1.54, 1.807) is 6.08 Å². The number of allylic oxidation sites excluding steroid dienone is 3. The molecule has 1 fully saturated rings. The average molecular weight is 360 g/mol. The zero-order valence-corrected chi connectivity index (χ0v) is 16.1. The maximum atomic E-state index is 5.26. The molecule has 2 aromatic rings. The van der Waals surface area contributed by atoms with E-state index in [1.807, 2.05) is 6.08 Å². The summed E-state index contributed by atoms with van der Waals surface area (Å²) in [6, 6.07) is 20.3. The van der Waals surface area contributed by atoms with Crippen LogP contribution >= 0.6 is 0 Å². The first-order valence-electron chi connectivity index (χ1n) is 9.52. The Balaban J connectivity index is 1.78. The van der Waals surface area contributed by atoms with E-state index in [0.29, 0.717) is 0 Å². The zero-order valence-electron chi connectivity index (χ0n) is 15.3. The molecular formula is C25H27S+. The van der Waals surface area contributed by atoms with Crippen molar-refractivity contribution in [1.29, 1.82) is 0 Å². The Morgan fingerprint density at radius 2 is 1.58 bits per heavy atom. The largest absolute Gasteiger partial charge is 0.161 e. The summed E-state index contributed by atoms with van der Waals surface area (Å²) in [5.41, 5.74) is 1.53. The van der Waals surface area contributed by atoms with Gasteiger partial charge in [-0.3, -0.25) is 0 Å². The van der Waals surface area contributed by atoms with Crippen molar-refractivity contribution in [1.82, 2.24) is 0 Å². The molecular weight excluding hydrogens is 332 g/mol. The van der Waals surface area contributed by atoms with Crippen LogP contribution in [0.15, 0.2) is 88.7 Å². The van der Waals surface area contributed by atoms with Gasteiger partial charge >= 0.3 is 0 Å². The Bertz CT molecular complexity index is 756. The fourth-order valence-corrected chi connectivity index (χ4v) is 5.51. The predicted octanol–water partition coefficient (Wildman–Crippen LogP) is 6.52. The van der Waals surface area contributed by atoms with Gasteiger partial charge < -0.3 is 0 Å². The van der Waals surface area contributed by atoms with Crippen LogP contribution in [0, 0.1) is 12.3 Å². The summed E-state index contributed by atoms with van der Waals surface area (Å²) < 4.78 is 0. The minimum absolute atomic E-state index is 0.0578. The monoisotopic (exact) mass is 359 g/mol. The number of hydrogen-bond acceptors (Lipinski definition) is 0.